The molecule has 232 valence electrons. The van der Waals surface area contributed by atoms with E-state index in [0.29, 0.717) is 11.1 Å². The Morgan fingerprint density at radius 3 is 1.24 bits per heavy atom. The van der Waals surface area contributed by atoms with Gasteiger partial charge in [-0.1, -0.05) is 70.2 Å². The quantitative estimate of drug-likeness (QED) is 0.206. The second-order valence-corrected chi connectivity index (χ2v) is 14.5. The molecule has 3 aromatic rings. The largest absolute Gasteiger partial charge is 0.460 e. The molecule has 0 aliphatic rings. The lowest BCUT2D eigenvalue weighted by Crippen LogP contribution is -2.63. The van der Waals surface area contributed by atoms with Crippen LogP contribution in [0.15, 0.2) is 93.5 Å². The van der Waals surface area contributed by atoms with Gasteiger partial charge in [0.05, 0.1) is 0 Å². The molecule has 0 radical (unpaired) electrons. The summed E-state index contributed by atoms with van der Waals surface area (Å²) in [5, 5.41) is -7.03. The first-order valence-corrected chi connectivity index (χ1v) is 15.3. The summed E-state index contributed by atoms with van der Waals surface area (Å²) >= 11 is 0. The molecule has 0 fully saturated rings. The van der Waals surface area contributed by atoms with Crippen molar-refractivity contribution in [2.24, 2.45) is 0 Å². The first kappa shape index (κ1) is 33.8. The maximum atomic E-state index is 15.0. The van der Waals surface area contributed by atoms with Crippen LogP contribution >= 0.6 is 10.3 Å². The third-order valence-electron chi connectivity index (χ3n) is 6.45. The Labute approximate surface area is 239 Å². The normalized spacial score (nSPS) is 14.5. The molecular weight excluding hydrogens is 619 g/mol. The Balaban J connectivity index is 2.39. The first-order valence-electron chi connectivity index (χ1n) is 12.4. The van der Waals surface area contributed by atoms with Crippen LogP contribution in [-0.4, -0.2) is 31.7 Å². The van der Waals surface area contributed by atoms with Crippen molar-refractivity contribution >= 4 is 20.4 Å². The molecule has 0 saturated carbocycles. The fourth-order valence-corrected chi connectivity index (χ4v) is 9.12. The van der Waals surface area contributed by atoms with Gasteiger partial charge in [0.15, 0.2) is 0 Å². The summed E-state index contributed by atoms with van der Waals surface area (Å²) in [5.74, 6) is -15.0. The summed E-state index contributed by atoms with van der Waals surface area (Å²) in [4.78, 5) is -0.383. The van der Waals surface area contributed by atoms with E-state index in [1.165, 1.54) is 78.9 Å². The number of benzene rings is 3. The Hall–Kier alpha value is -2.71. The van der Waals surface area contributed by atoms with Gasteiger partial charge in [0.2, 0.25) is 0 Å². The van der Waals surface area contributed by atoms with Gasteiger partial charge in [-0.3, -0.25) is 0 Å². The van der Waals surface area contributed by atoms with E-state index in [2.05, 4.69) is 0 Å². The van der Waals surface area contributed by atoms with Gasteiger partial charge in [-0.25, -0.2) is 3.63 Å². The number of halogens is 9. The zero-order valence-corrected chi connectivity index (χ0v) is 24.2. The zero-order chi connectivity index (χ0) is 31.9. The van der Waals surface area contributed by atoms with E-state index < -0.39 is 43.7 Å². The van der Waals surface area contributed by atoms with Crippen molar-refractivity contribution in [3.8, 4) is 0 Å². The Morgan fingerprint density at radius 1 is 0.548 bits per heavy atom. The molecular formula is C28H27F9O3S2. The second kappa shape index (κ2) is 11.4. The fraction of sp³-hybridized carbons (Fsp3) is 0.357. The summed E-state index contributed by atoms with van der Waals surface area (Å²) < 4.78 is 156. The summed E-state index contributed by atoms with van der Waals surface area (Å²) in [6.07, 6.45) is -7.21. The predicted molar refractivity (Wildman–Crippen MR) is 141 cm³/mol. The molecule has 0 spiro atoms. The van der Waals surface area contributed by atoms with Crippen molar-refractivity contribution in [1.29, 1.82) is 0 Å². The van der Waals surface area contributed by atoms with Gasteiger partial charge in [-0.15, -0.1) is 0 Å². The van der Waals surface area contributed by atoms with Gasteiger partial charge in [0, 0.05) is 14.7 Å². The van der Waals surface area contributed by atoms with Crippen LogP contribution in [0.5, 0.6) is 0 Å². The van der Waals surface area contributed by atoms with Crippen molar-refractivity contribution in [2.75, 3.05) is 0 Å². The van der Waals surface area contributed by atoms with Crippen molar-refractivity contribution in [3.63, 3.8) is 0 Å². The Morgan fingerprint density at radius 2 is 0.905 bits per heavy atom. The lowest BCUT2D eigenvalue weighted by Gasteiger charge is -2.41. The molecule has 0 aromatic heterocycles. The molecule has 0 amide bonds. The van der Waals surface area contributed by atoms with Crippen molar-refractivity contribution in [1.82, 2.24) is 0 Å². The number of rotatable bonds is 10. The molecule has 0 aliphatic carbocycles. The average molecular weight is 647 g/mol. The van der Waals surface area contributed by atoms with E-state index in [-0.39, 0.29) is 26.5 Å². The fourth-order valence-electron chi connectivity index (χ4n) is 3.92. The van der Waals surface area contributed by atoms with Crippen molar-refractivity contribution < 1.29 is 51.6 Å². The van der Waals surface area contributed by atoms with Crippen LogP contribution in [0.1, 0.15) is 50.7 Å². The maximum Gasteiger partial charge on any atom is 0.460 e. The lowest BCUT2D eigenvalue weighted by atomic mass is 10.0. The monoisotopic (exact) mass is 646 g/mol. The van der Waals surface area contributed by atoms with Gasteiger partial charge >= 0.3 is 33.4 Å². The summed E-state index contributed by atoms with van der Waals surface area (Å²) in [7, 11) is -11.3. The topological polar surface area (TPSA) is 43.4 Å². The van der Waals surface area contributed by atoms with Crippen LogP contribution in [0.25, 0.3) is 0 Å². The molecule has 0 heterocycles. The van der Waals surface area contributed by atoms with Gasteiger partial charge in [-0.2, -0.15) is 47.9 Å². The molecule has 0 bridgehead atoms. The average Bonchev–Trinajstić information content (AvgIpc) is 2.91. The third kappa shape index (κ3) is 5.64. The van der Waals surface area contributed by atoms with Crippen LogP contribution in [0.2, 0.25) is 0 Å². The van der Waals surface area contributed by atoms with E-state index >= 15 is 0 Å². The first-order chi connectivity index (χ1) is 19.1. The Bertz CT molecular complexity index is 1420. The lowest BCUT2D eigenvalue weighted by molar-refractivity contribution is -0.382. The zero-order valence-electron chi connectivity index (χ0n) is 22.6. The molecule has 3 aromatic carbocycles. The number of hydrogen-bond donors (Lipinski definition) is 0. The van der Waals surface area contributed by atoms with Crippen LogP contribution < -0.4 is 0 Å². The van der Waals surface area contributed by atoms with Crippen molar-refractivity contribution in [2.45, 2.75) is 77.5 Å². The van der Waals surface area contributed by atoms with E-state index in [4.69, 9.17) is 3.63 Å². The third-order valence-corrected chi connectivity index (χ3v) is 11.7. The summed E-state index contributed by atoms with van der Waals surface area (Å²) in [5.41, 5.74) is 1.42. The highest BCUT2D eigenvalue weighted by molar-refractivity contribution is 8.33. The van der Waals surface area contributed by atoms with E-state index in [1.54, 1.807) is 0 Å². The Kier molecular flexibility index (Phi) is 9.18. The minimum absolute atomic E-state index is 0.0530. The number of alkyl halides is 9. The molecule has 0 saturated heterocycles. The molecule has 0 aliphatic heterocycles. The highest BCUT2D eigenvalue weighted by Gasteiger charge is 2.86. The number of hydrogen-bond acceptors (Lipinski definition) is 3. The van der Waals surface area contributed by atoms with Crippen LogP contribution in [0, 0.1) is 0 Å². The van der Waals surface area contributed by atoms with Gasteiger partial charge < -0.3 is 0 Å². The predicted octanol–water partition coefficient (Wildman–Crippen LogP) is 9.90. The van der Waals surface area contributed by atoms with E-state index in [1.807, 2.05) is 27.7 Å². The van der Waals surface area contributed by atoms with Crippen LogP contribution in [0.3, 0.4) is 0 Å². The summed E-state index contributed by atoms with van der Waals surface area (Å²) in [6, 6.07) is 18.0. The SMILES string of the molecule is CC(C)c1ccc(S(OS(=O)(=O)C(F)(F)C(F)(F)C(F)(F)C(F)(F)F)(c2ccccc2)c2ccc(C(C)C)cc2)cc1. The van der Waals surface area contributed by atoms with Crippen molar-refractivity contribution in [3.05, 3.63) is 90.0 Å². The minimum atomic E-state index is -7.44. The van der Waals surface area contributed by atoms with Crippen LogP contribution in [-0.2, 0) is 13.7 Å². The van der Waals surface area contributed by atoms with Gasteiger partial charge in [0.1, 0.15) is 0 Å². The maximum absolute atomic E-state index is 15.0. The highest BCUT2D eigenvalue weighted by Crippen LogP contribution is 2.71. The second-order valence-electron chi connectivity index (χ2n) is 10.0. The van der Waals surface area contributed by atoms with Gasteiger partial charge in [0.25, 0.3) is 0 Å². The highest BCUT2D eigenvalue weighted by atomic mass is 32.3. The molecule has 0 unspecified atom stereocenters. The smallest absolute Gasteiger partial charge is 0.202 e. The molecule has 14 heteroatoms. The summed E-state index contributed by atoms with van der Waals surface area (Å²) in [6.45, 7) is 7.28. The molecule has 3 nitrogen and oxygen atoms in total. The standard InChI is InChI=1S/C28H27F9O3S2/c1-18(2)20-10-14-23(15-11-20)41(22-8-6-5-7-9-22,24-16-12-21(13-17-24)19(3)4)40-42(38,39)28(36,37)26(31,32)25(29,30)27(33,34)35/h5-19H,1-4H3. The minimum Gasteiger partial charge on any atom is -0.202 e. The van der Waals surface area contributed by atoms with Crippen LogP contribution in [0.4, 0.5) is 39.5 Å². The molecule has 0 N–H and O–H groups in total. The van der Waals surface area contributed by atoms with E-state index in [0.717, 1.165) is 0 Å². The van der Waals surface area contributed by atoms with E-state index in [9.17, 15) is 47.9 Å². The molecule has 0 atom stereocenters. The molecule has 3 rings (SSSR count). The van der Waals surface area contributed by atoms with Gasteiger partial charge in [-0.05, 0) is 69.7 Å². The molecule has 42 heavy (non-hydrogen) atoms.